The van der Waals surface area contributed by atoms with Gasteiger partial charge in [-0.2, -0.15) is 0 Å². The first-order valence-electron chi connectivity index (χ1n) is 6.39. The zero-order chi connectivity index (χ0) is 11.1. The molecule has 2 heteroatoms. The average Bonchev–Trinajstić information content (AvgIpc) is 2.29. The standard InChI is InChI=1S/C13H26N2/c1-4-10-15(11-12(3)5-2)13-6-8-14-9-7-13/h13-14H,3-11H2,1-2H3. The van der Waals surface area contributed by atoms with Crippen molar-refractivity contribution in [1.82, 2.24) is 10.2 Å². The van der Waals surface area contributed by atoms with E-state index in [1.165, 1.54) is 44.5 Å². The van der Waals surface area contributed by atoms with Gasteiger partial charge in [-0.05, 0) is 45.3 Å². The number of hydrogen-bond donors (Lipinski definition) is 1. The van der Waals surface area contributed by atoms with E-state index in [0.717, 1.165) is 19.0 Å². The molecule has 0 aromatic rings. The lowest BCUT2D eigenvalue weighted by Crippen LogP contribution is -2.44. The van der Waals surface area contributed by atoms with Crippen LogP contribution >= 0.6 is 0 Å². The number of nitrogens with zero attached hydrogens (tertiary/aromatic N) is 1. The van der Waals surface area contributed by atoms with Crippen molar-refractivity contribution in [2.75, 3.05) is 26.2 Å². The highest BCUT2D eigenvalue weighted by Crippen LogP contribution is 2.14. The summed E-state index contributed by atoms with van der Waals surface area (Å²) in [5, 5.41) is 3.43. The second-order valence-corrected chi connectivity index (χ2v) is 4.56. The van der Waals surface area contributed by atoms with E-state index in [9.17, 15) is 0 Å². The Kier molecular flexibility index (Phi) is 5.96. The molecule has 0 amide bonds. The minimum absolute atomic E-state index is 0.787. The monoisotopic (exact) mass is 210 g/mol. The molecule has 1 aliphatic heterocycles. The maximum absolute atomic E-state index is 4.13. The molecule has 0 unspecified atom stereocenters. The Morgan fingerprint density at radius 3 is 2.53 bits per heavy atom. The zero-order valence-corrected chi connectivity index (χ0v) is 10.4. The van der Waals surface area contributed by atoms with Gasteiger partial charge in [0.2, 0.25) is 0 Å². The summed E-state index contributed by atoms with van der Waals surface area (Å²) in [6.45, 7) is 13.3. The predicted molar refractivity (Wildman–Crippen MR) is 67.2 cm³/mol. The molecule has 0 radical (unpaired) electrons. The molecule has 15 heavy (non-hydrogen) atoms. The number of hydrogen-bond acceptors (Lipinski definition) is 2. The molecule has 0 aliphatic carbocycles. The van der Waals surface area contributed by atoms with E-state index < -0.39 is 0 Å². The van der Waals surface area contributed by atoms with Crippen molar-refractivity contribution in [2.45, 2.75) is 45.6 Å². The minimum atomic E-state index is 0.787. The van der Waals surface area contributed by atoms with Gasteiger partial charge in [0.25, 0.3) is 0 Å². The van der Waals surface area contributed by atoms with E-state index in [2.05, 4.69) is 30.6 Å². The summed E-state index contributed by atoms with van der Waals surface area (Å²) in [6.07, 6.45) is 4.97. The highest BCUT2D eigenvalue weighted by molar-refractivity contribution is 4.97. The Balaban J connectivity index is 2.43. The molecule has 1 fully saturated rings. The van der Waals surface area contributed by atoms with E-state index in [-0.39, 0.29) is 0 Å². The number of piperidine rings is 1. The van der Waals surface area contributed by atoms with Crippen LogP contribution in [-0.2, 0) is 0 Å². The van der Waals surface area contributed by atoms with Crippen molar-refractivity contribution in [1.29, 1.82) is 0 Å². The van der Waals surface area contributed by atoms with Crippen molar-refractivity contribution >= 4 is 0 Å². The molecule has 0 bridgehead atoms. The Morgan fingerprint density at radius 1 is 1.33 bits per heavy atom. The van der Waals surface area contributed by atoms with Crippen LogP contribution < -0.4 is 5.32 Å². The van der Waals surface area contributed by atoms with Crippen molar-refractivity contribution in [3.63, 3.8) is 0 Å². The lowest BCUT2D eigenvalue weighted by atomic mass is 10.0. The average molecular weight is 210 g/mol. The summed E-state index contributed by atoms with van der Waals surface area (Å²) in [4.78, 5) is 2.63. The maximum atomic E-state index is 4.13. The molecule has 0 aromatic carbocycles. The second-order valence-electron chi connectivity index (χ2n) is 4.56. The first-order valence-corrected chi connectivity index (χ1v) is 6.39. The molecule has 0 aromatic heterocycles. The third-order valence-electron chi connectivity index (χ3n) is 3.26. The lowest BCUT2D eigenvalue weighted by molar-refractivity contribution is 0.174. The Morgan fingerprint density at radius 2 is 2.00 bits per heavy atom. The van der Waals surface area contributed by atoms with Gasteiger partial charge in [-0.3, -0.25) is 4.90 Å². The van der Waals surface area contributed by atoms with Crippen molar-refractivity contribution in [2.24, 2.45) is 0 Å². The molecule has 1 saturated heterocycles. The molecular weight excluding hydrogens is 184 g/mol. The van der Waals surface area contributed by atoms with Crippen molar-refractivity contribution in [3.05, 3.63) is 12.2 Å². The summed E-state index contributed by atoms with van der Waals surface area (Å²) >= 11 is 0. The fourth-order valence-electron chi connectivity index (χ4n) is 2.25. The molecule has 0 saturated carbocycles. The van der Waals surface area contributed by atoms with E-state index in [4.69, 9.17) is 0 Å². The minimum Gasteiger partial charge on any atom is -0.317 e. The molecule has 1 heterocycles. The van der Waals surface area contributed by atoms with Gasteiger partial charge >= 0.3 is 0 Å². The Labute approximate surface area is 94.7 Å². The second kappa shape index (κ2) is 7.02. The van der Waals surface area contributed by atoms with E-state index in [0.29, 0.717) is 0 Å². The van der Waals surface area contributed by atoms with Gasteiger partial charge in [-0.1, -0.05) is 26.0 Å². The molecule has 1 N–H and O–H groups in total. The fourth-order valence-corrected chi connectivity index (χ4v) is 2.25. The molecule has 1 rings (SSSR count). The highest BCUT2D eigenvalue weighted by atomic mass is 15.2. The summed E-state index contributed by atoms with van der Waals surface area (Å²) in [7, 11) is 0. The van der Waals surface area contributed by atoms with E-state index >= 15 is 0 Å². The number of nitrogens with one attached hydrogen (secondary N) is 1. The maximum Gasteiger partial charge on any atom is 0.0193 e. The largest absolute Gasteiger partial charge is 0.317 e. The van der Waals surface area contributed by atoms with Gasteiger partial charge in [0.1, 0.15) is 0 Å². The van der Waals surface area contributed by atoms with Crippen LogP contribution in [0.15, 0.2) is 12.2 Å². The SMILES string of the molecule is C=C(CC)CN(CCC)C1CCNCC1. The Bertz CT molecular complexity index is 183. The van der Waals surface area contributed by atoms with Crippen LogP contribution in [0.2, 0.25) is 0 Å². The first kappa shape index (κ1) is 12.7. The van der Waals surface area contributed by atoms with Gasteiger partial charge < -0.3 is 5.32 Å². The summed E-state index contributed by atoms with van der Waals surface area (Å²) in [5.41, 5.74) is 1.38. The van der Waals surface area contributed by atoms with Crippen molar-refractivity contribution < 1.29 is 0 Å². The van der Waals surface area contributed by atoms with Crippen LogP contribution in [-0.4, -0.2) is 37.1 Å². The van der Waals surface area contributed by atoms with Gasteiger partial charge in [0.05, 0.1) is 0 Å². The molecule has 1 aliphatic rings. The topological polar surface area (TPSA) is 15.3 Å². The van der Waals surface area contributed by atoms with Crippen molar-refractivity contribution in [3.8, 4) is 0 Å². The van der Waals surface area contributed by atoms with Crippen LogP contribution in [0.25, 0.3) is 0 Å². The summed E-state index contributed by atoms with van der Waals surface area (Å²) < 4.78 is 0. The van der Waals surface area contributed by atoms with Crippen LogP contribution in [0, 0.1) is 0 Å². The van der Waals surface area contributed by atoms with Gasteiger partial charge in [0.15, 0.2) is 0 Å². The normalized spacial score (nSPS) is 18.3. The molecular formula is C13H26N2. The molecule has 88 valence electrons. The lowest BCUT2D eigenvalue weighted by Gasteiger charge is -2.34. The molecule has 0 spiro atoms. The third-order valence-corrected chi connectivity index (χ3v) is 3.26. The van der Waals surface area contributed by atoms with Crippen LogP contribution in [0.3, 0.4) is 0 Å². The van der Waals surface area contributed by atoms with E-state index in [1.807, 2.05) is 0 Å². The quantitative estimate of drug-likeness (QED) is 0.677. The highest BCUT2D eigenvalue weighted by Gasteiger charge is 2.20. The summed E-state index contributed by atoms with van der Waals surface area (Å²) in [5.74, 6) is 0. The molecule has 0 atom stereocenters. The number of rotatable bonds is 6. The Hall–Kier alpha value is -0.340. The van der Waals surface area contributed by atoms with Crippen LogP contribution in [0.5, 0.6) is 0 Å². The zero-order valence-electron chi connectivity index (χ0n) is 10.4. The van der Waals surface area contributed by atoms with Crippen LogP contribution in [0.1, 0.15) is 39.5 Å². The fraction of sp³-hybridized carbons (Fsp3) is 0.846. The van der Waals surface area contributed by atoms with Gasteiger partial charge in [0, 0.05) is 12.6 Å². The van der Waals surface area contributed by atoms with E-state index in [1.54, 1.807) is 0 Å². The third kappa shape index (κ3) is 4.35. The smallest absolute Gasteiger partial charge is 0.0193 e. The molecule has 2 nitrogen and oxygen atoms in total. The first-order chi connectivity index (χ1) is 7.27. The van der Waals surface area contributed by atoms with Gasteiger partial charge in [-0.15, -0.1) is 0 Å². The summed E-state index contributed by atoms with van der Waals surface area (Å²) in [6, 6.07) is 0.787. The van der Waals surface area contributed by atoms with Crippen LogP contribution in [0.4, 0.5) is 0 Å². The van der Waals surface area contributed by atoms with Gasteiger partial charge in [-0.25, -0.2) is 0 Å². The predicted octanol–water partition coefficient (Wildman–Crippen LogP) is 2.42.